The van der Waals surface area contributed by atoms with E-state index in [9.17, 15) is 18.0 Å². The summed E-state index contributed by atoms with van der Waals surface area (Å²) in [6.45, 7) is 0. The summed E-state index contributed by atoms with van der Waals surface area (Å²) < 4.78 is 38.9. The Balaban J connectivity index is 1.91. The van der Waals surface area contributed by atoms with Crippen molar-refractivity contribution in [1.29, 1.82) is 0 Å². The molecule has 0 spiro atoms. The first-order chi connectivity index (χ1) is 9.48. The van der Waals surface area contributed by atoms with E-state index in [-0.39, 0.29) is 23.4 Å². The van der Waals surface area contributed by atoms with E-state index in [2.05, 4.69) is 5.10 Å². The number of rotatable bonds is 2. The van der Waals surface area contributed by atoms with E-state index in [1.54, 1.807) is 0 Å². The van der Waals surface area contributed by atoms with Crippen molar-refractivity contribution in [3.8, 4) is 0 Å². The van der Waals surface area contributed by atoms with Gasteiger partial charge in [0.25, 0.3) is 5.91 Å². The topological polar surface area (TPSA) is 32.7 Å². The van der Waals surface area contributed by atoms with Crippen LogP contribution < -0.4 is 5.01 Å². The fraction of sp³-hybridized carbons (Fsp3) is 0.429. The summed E-state index contributed by atoms with van der Waals surface area (Å²) in [6, 6.07) is 5.03. The molecule has 1 aliphatic heterocycles. The predicted molar refractivity (Wildman–Crippen MR) is 68.3 cm³/mol. The van der Waals surface area contributed by atoms with Crippen LogP contribution in [0.3, 0.4) is 0 Å². The zero-order chi connectivity index (χ0) is 14.3. The zero-order valence-electron chi connectivity index (χ0n) is 10.6. The number of hydrogen-bond acceptors (Lipinski definition) is 2. The molecular formula is C14H13F3N2O. The van der Waals surface area contributed by atoms with Gasteiger partial charge in [0.15, 0.2) is 0 Å². The van der Waals surface area contributed by atoms with Gasteiger partial charge in [-0.25, -0.2) is 0 Å². The monoisotopic (exact) mass is 282 g/mol. The molecule has 1 amide bonds. The van der Waals surface area contributed by atoms with Gasteiger partial charge in [-0.2, -0.15) is 23.3 Å². The molecule has 1 aromatic rings. The number of hydrazone groups is 1. The largest absolute Gasteiger partial charge is 0.418 e. The van der Waals surface area contributed by atoms with E-state index in [4.69, 9.17) is 0 Å². The normalized spacial score (nSPS) is 23.2. The first-order valence-electron chi connectivity index (χ1n) is 6.53. The number of carbonyl (C=O) groups is 1. The smallest absolute Gasteiger partial charge is 0.272 e. The first-order valence-corrected chi connectivity index (χ1v) is 6.53. The molecular weight excluding hydrogens is 269 g/mol. The van der Waals surface area contributed by atoms with Crippen molar-refractivity contribution in [3.05, 3.63) is 29.8 Å². The van der Waals surface area contributed by atoms with Crippen LogP contribution in [0, 0.1) is 11.8 Å². The molecule has 0 radical (unpaired) electrons. The molecule has 2 aliphatic rings. The van der Waals surface area contributed by atoms with Crippen LogP contribution in [0.15, 0.2) is 29.4 Å². The Morgan fingerprint density at radius 1 is 1.20 bits per heavy atom. The van der Waals surface area contributed by atoms with Crippen LogP contribution in [0.25, 0.3) is 0 Å². The molecule has 3 nitrogen and oxygen atoms in total. The van der Waals surface area contributed by atoms with Crippen molar-refractivity contribution in [2.45, 2.75) is 25.4 Å². The molecule has 1 aliphatic carbocycles. The van der Waals surface area contributed by atoms with Crippen molar-refractivity contribution in [2.24, 2.45) is 16.9 Å². The van der Waals surface area contributed by atoms with E-state index in [1.165, 1.54) is 24.4 Å². The maximum Gasteiger partial charge on any atom is 0.418 e. The summed E-state index contributed by atoms with van der Waals surface area (Å²) in [7, 11) is 0. The average molecular weight is 282 g/mol. The summed E-state index contributed by atoms with van der Waals surface area (Å²) in [5.74, 6) is -0.495. The molecule has 1 saturated carbocycles. The molecule has 0 saturated heterocycles. The second kappa shape index (κ2) is 4.61. The lowest BCUT2D eigenvalue weighted by Crippen LogP contribution is -2.34. The third kappa shape index (κ3) is 2.09. The number of benzene rings is 1. The Hall–Kier alpha value is -1.85. The van der Waals surface area contributed by atoms with Crippen LogP contribution in [0.1, 0.15) is 24.8 Å². The van der Waals surface area contributed by atoms with Crippen LogP contribution in [-0.4, -0.2) is 12.1 Å². The van der Waals surface area contributed by atoms with E-state index >= 15 is 0 Å². The number of alkyl halides is 3. The number of nitrogens with zero attached hydrogens (tertiary/aromatic N) is 2. The molecule has 1 aromatic carbocycles. The van der Waals surface area contributed by atoms with Gasteiger partial charge in [-0.15, -0.1) is 0 Å². The number of halogens is 3. The quantitative estimate of drug-likeness (QED) is 0.817. The highest BCUT2D eigenvalue weighted by Crippen LogP contribution is 2.40. The SMILES string of the molecule is O=C1C(C2CCC2)C=NN1c1ccccc1C(F)(F)F. The maximum atomic E-state index is 13.0. The van der Waals surface area contributed by atoms with E-state index in [0.29, 0.717) is 0 Å². The minimum absolute atomic E-state index is 0.192. The number of hydrogen-bond donors (Lipinski definition) is 0. The maximum absolute atomic E-state index is 13.0. The zero-order valence-corrected chi connectivity index (χ0v) is 10.6. The van der Waals surface area contributed by atoms with E-state index in [0.717, 1.165) is 30.3 Å². The van der Waals surface area contributed by atoms with Gasteiger partial charge in [-0.05, 0) is 30.9 Å². The van der Waals surface area contributed by atoms with E-state index in [1.807, 2.05) is 0 Å². The van der Waals surface area contributed by atoms with Crippen molar-refractivity contribution in [2.75, 3.05) is 5.01 Å². The van der Waals surface area contributed by atoms with Crippen molar-refractivity contribution in [1.82, 2.24) is 0 Å². The third-order valence-corrected chi connectivity index (χ3v) is 3.93. The van der Waals surface area contributed by atoms with Crippen LogP contribution in [-0.2, 0) is 11.0 Å². The van der Waals surface area contributed by atoms with Gasteiger partial charge in [-0.1, -0.05) is 18.6 Å². The van der Waals surface area contributed by atoms with Gasteiger partial charge in [-0.3, -0.25) is 4.79 Å². The molecule has 0 bridgehead atoms. The Morgan fingerprint density at radius 2 is 1.90 bits per heavy atom. The lowest BCUT2D eigenvalue weighted by molar-refractivity contribution is -0.137. The van der Waals surface area contributed by atoms with Crippen molar-refractivity contribution >= 4 is 17.8 Å². The number of para-hydroxylation sites is 1. The highest BCUT2D eigenvalue weighted by atomic mass is 19.4. The number of amides is 1. The average Bonchev–Trinajstić information content (AvgIpc) is 2.69. The summed E-state index contributed by atoms with van der Waals surface area (Å²) in [6.07, 6.45) is -0.0595. The fourth-order valence-electron chi connectivity index (χ4n) is 2.60. The standard InChI is InChI=1S/C14H13F3N2O/c15-14(16,17)11-6-1-2-7-12(11)19-13(20)10(8-18-19)9-4-3-5-9/h1-2,6-10H,3-5H2. The second-order valence-electron chi connectivity index (χ2n) is 5.15. The molecule has 3 rings (SSSR count). The van der Waals surface area contributed by atoms with Crippen LogP contribution >= 0.6 is 0 Å². The van der Waals surface area contributed by atoms with Gasteiger partial charge in [0.2, 0.25) is 0 Å². The molecule has 20 heavy (non-hydrogen) atoms. The molecule has 0 aromatic heterocycles. The van der Waals surface area contributed by atoms with Gasteiger partial charge in [0, 0.05) is 6.21 Å². The number of anilines is 1. The number of carbonyl (C=O) groups excluding carboxylic acids is 1. The summed E-state index contributed by atoms with van der Waals surface area (Å²) in [5, 5.41) is 4.80. The second-order valence-corrected chi connectivity index (χ2v) is 5.15. The summed E-state index contributed by atoms with van der Waals surface area (Å²) in [4.78, 5) is 12.3. The van der Waals surface area contributed by atoms with Gasteiger partial charge < -0.3 is 0 Å². The highest BCUT2D eigenvalue weighted by molar-refractivity contribution is 6.08. The third-order valence-electron chi connectivity index (χ3n) is 3.93. The Bertz CT molecular complexity index is 564. The van der Waals surface area contributed by atoms with Gasteiger partial charge >= 0.3 is 6.18 Å². The van der Waals surface area contributed by atoms with Gasteiger partial charge in [0.05, 0.1) is 17.2 Å². The molecule has 6 heteroatoms. The molecule has 1 heterocycles. The Kier molecular flexibility index (Phi) is 3.03. The molecule has 1 fully saturated rings. The molecule has 106 valence electrons. The van der Waals surface area contributed by atoms with Crippen LogP contribution in [0.4, 0.5) is 18.9 Å². The van der Waals surface area contributed by atoms with Crippen LogP contribution in [0.2, 0.25) is 0 Å². The lowest BCUT2D eigenvalue weighted by atomic mass is 9.76. The first kappa shape index (κ1) is 13.1. The minimum Gasteiger partial charge on any atom is -0.272 e. The molecule has 0 N–H and O–H groups in total. The predicted octanol–water partition coefficient (Wildman–Crippen LogP) is 3.45. The Morgan fingerprint density at radius 3 is 2.50 bits per heavy atom. The van der Waals surface area contributed by atoms with Crippen molar-refractivity contribution < 1.29 is 18.0 Å². The molecule has 1 atom stereocenters. The fourth-order valence-corrected chi connectivity index (χ4v) is 2.60. The van der Waals surface area contributed by atoms with Gasteiger partial charge in [0.1, 0.15) is 0 Å². The highest BCUT2D eigenvalue weighted by Gasteiger charge is 2.41. The van der Waals surface area contributed by atoms with E-state index < -0.39 is 11.7 Å². The Labute approximate surface area is 114 Å². The summed E-state index contributed by atoms with van der Waals surface area (Å²) in [5.41, 5.74) is -1.03. The minimum atomic E-state index is -4.50. The van der Waals surface area contributed by atoms with Crippen LogP contribution in [0.5, 0.6) is 0 Å². The molecule has 1 unspecified atom stereocenters. The summed E-state index contributed by atoms with van der Waals surface area (Å²) >= 11 is 0. The lowest BCUT2D eigenvalue weighted by Gasteiger charge is -2.29. The van der Waals surface area contributed by atoms with Crippen molar-refractivity contribution in [3.63, 3.8) is 0 Å².